The molecule has 2 rings (SSSR count). The maximum absolute atomic E-state index is 11.7. The van der Waals surface area contributed by atoms with Crippen LogP contribution in [0.5, 0.6) is 0 Å². The van der Waals surface area contributed by atoms with Crippen molar-refractivity contribution in [1.82, 2.24) is 9.99 Å². The fourth-order valence-corrected chi connectivity index (χ4v) is 1.51. The van der Waals surface area contributed by atoms with Crippen molar-refractivity contribution >= 4 is 12.1 Å². The van der Waals surface area contributed by atoms with Crippen LogP contribution in [-0.4, -0.2) is 16.7 Å². The highest BCUT2D eigenvalue weighted by Crippen LogP contribution is 2.02. The number of rotatable bonds is 3. The van der Waals surface area contributed by atoms with Crippen molar-refractivity contribution in [2.24, 2.45) is 12.1 Å². The van der Waals surface area contributed by atoms with Crippen LogP contribution < -0.4 is 11.0 Å². The molecule has 0 saturated carbocycles. The lowest BCUT2D eigenvalue weighted by molar-refractivity contribution is 0.0953. The number of hydrazone groups is 1. The molecular weight excluding hydrogens is 246 g/mol. The minimum absolute atomic E-state index is 0.0396. The molecule has 1 N–H and O–H groups in total. The first-order valence-corrected chi connectivity index (χ1v) is 5.63. The number of hydrogen-bond donors (Lipinski definition) is 1. The van der Waals surface area contributed by atoms with Crippen LogP contribution in [0.25, 0.3) is 0 Å². The van der Waals surface area contributed by atoms with Gasteiger partial charge in [-0.2, -0.15) is 5.10 Å². The molecule has 2 aromatic rings. The Morgan fingerprint density at radius 1 is 1.42 bits per heavy atom. The molecule has 0 bridgehead atoms. The zero-order valence-electron chi connectivity index (χ0n) is 10.6. The van der Waals surface area contributed by atoms with Crippen molar-refractivity contribution in [3.8, 4) is 0 Å². The SMILES string of the molecule is Cc1ccc(/C=N\NC(=O)c2cccn(C)c2=O)o1. The monoisotopic (exact) mass is 259 g/mol. The van der Waals surface area contributed by atoms with Crippen LogP contribution in [0, 0.1) is 6.92 Å². The van der Waals surface area contributed by atoms with E-state index in [0.29, 0.717) is 5.76 Å². The van der Waals surface area contributed by atoms with E-state index in [9.17, 15) is 9.59 Å². The molecule has 0 aliphatic rings. The highest BCUT2D eigenvalue weighted by atomic mass is 16.3. The lowest BCUT2D eigenvalue weighted by Crippen LogP contribution is -2.29. The van der Waals surface area contributed by atoms with Gasteiger partial charge < -0.3 is 8.98 Å². The van der Waals surface area contributed by atoms with Gasteiger partial charge in [0.2, 0.25) is 0 Å². The largest absolute Gasteiger partial charge is 0.460 e. The van der Waals surface area contributed by atoms with Gasteiger partial charge in [-0.25, -0.2) is 5.43 Å². The number of amides is 1. The fourth-order valence-electron chi connectivity index (χ4n) is 1.51. The number of aromatic nitrogens is 1. The molecule has 6 heteroatoms. The van der Waals surface area contributed by atoms with Gasteiger partial charge in [0.1, 0.15) is 17.1 Å². The molecule has 0 spiro atoms. The summed E-state index contributed by atoms with van der Waals surface area (Å²) in [5.41, 5.74) is 1.95. The molecule has 0 fully saturated rings. The van der Waals surface area contributed by atoms with E-state index in [1.807, 2.05) is 6.92 Å². The summed E-state index contributed by atoms with van der Waals surface area (Å²) >= 11 is 0. The summed E-state index contributed by atoms with van der Waals surface area (Å²) in [6.45, 7) is 1.81. The van der Waals surface area contributed by atoms with E-state index in [2.05, 4.69) is 10.5 Å². The highest BCUT2D eigenvalue weighted by molar-refractivity contribution is 5.94. The van der Waals surface area contributed by atoms with Gasteiger partial charge in [0, 0.05) is 13.2 Å². The molecule has 98 valence electrons. The Hall–Kier alpha value is -2.63. The first-order valence-electron chi connectivity index (χ1n) is 5.63. The number of aryl methyl sites for hydroxylation is 2. The van der Waals surface area contributed by atoms with Crippen LogP contribution in [0.15, 0.2) is 44.8 Å². The molecule has 0 unspecified atom stereocenters. The maximum atomic E-state index is 11.7. The second-order valence-electron chi connectivity index (χ2n) is 3.99. The second-order valence-corrected chi connectivity index (χ2v) is 3.99. The van der Waals surface area contributed by atoms with Crippen LogP contribution in [0.4, 0.5) is 0 Å². The lowest BCUT2D eigenvalue weighted by atomic mass is 10.2. The summed E-state index contributed by atoms with van der Waals surface area (Å²) in [5, 5.41) is 3.74. The van der Waals surface area contributed by atoms with Gasteiger partial charge in [0.25, 0.3) is 11.5 Å². The van der Waals surface area contributed by atoms with Crippen molar-refractivity contribution < 1.29 is 9.21 Å². The number of carbonyl (C=O) groups excluding carboxylic acids is 1. The molecule has 2 aromatic heterocycles. The summed E-state index contributed by atoms with van der Waals surface area (Å²) in [5.74, 6) is 0.726. The van der Waals surface area contributed by atoms with Crippen LogP contribution in [0.3, 0.4) is 0 Å². The molecule has 0 aliphatic heterocycles. The van der Waals surface area contributed by atoms with Gasteiger partial charge in [-0.15, -0.1) is 0 Å². The standard InChI is InChI=1S/C13H13N3O3/c1-9-5-6-10(19-9)8-14-15-12(17)11-4-3-7-16(2)13(11)18/h3-8H,1-2H3,(H,15,17)/b14-8-. The molecular formula is C13H13N3O3. The van der Waals surface area contributed by atoms with E-state index in [-0.39, 0.29) is 11.1 Å². The summed E-state index contributed by atoms with van der Waals surface area (Å²) < 4.78 is 6.58. The highest BCUT2D eigenvalue weighted by Gasteiger charge is 2.09. The van der Waals surface area contributed by atoms with Crippen LogP contribution >= 0.6 is 0 Å². The summed E-state index contributed by atoms with van der Waals surface area (Å²) in [7, 11) is 1.58. The number of nitrogens with zero attached hydrogens (tertiary/aromatic N) is 2. The number of pyridine rings is 1. The number of carbonyl (C=O) groups is 1. The molecule has 0 aliphatic carbocycles. The average molecular weight is 259 g/mol. The van der Waals surface area contributed by atoms with Crippen molar-refractivity contribution in [1.29, 1.82) is 0 Å². The lowest BCUT2D eigenvalue weighted by Gasteiger charge is -2.01. The molecule has 0 radical (unpaired) electrons. The molecule has 0 saturated heterocycles. The third kappa shape index (κ3) is 2.98. The van der Waals surface area contributed by atoms with Gasteiger partial charge in [-0.3, -0.25) is 9.59 Å². The molecule has 1 amide bonds. The van der Waals surface area contributed by atoms with Gasteiger partial charge in [-0.05, 0) is 31.2 Å². The summed E-state index contributed by atoms with van der Waals surface area (Å²) in [6, 6.07) is 6.59. The minimum Gasteiger partial charge on any atom is -0.460 e. The molecule has 6 nitrogen and oxygen atoms in total. The van der Waals surface area contributed by atoms with E-state index in [4.69, 9.17) is 4.42 Å². The van der Waals surface area contributed by atoms with Crippen molar-refractivity contribution in [3.05, 3.63) is 57.9 Å². The molecule has 0 aromatic carbocycles. The van der Waals surface area contributed by atoms with Gasteiger partial charge in [0.05, 0.1) is 6.21 Å². The smallest absolute Gasteiger partial charge is 0.276 e. The van der Waals surface area contributed by atoms with Crippen molar-refractivity contribution in [2.45, 2.75) is 6.92 Å². The third-order valence-corrected chi connectivity index (χ3v) is 2.49. The van der Waals surface area contributed by atoms with E-state index >= 15 is 0 Å². The zero-order valence-corrected chi connectivity index (χ0v) is 10.6. The Morgan fingerprint density at radius 3 is 2.89 bits per heavy atom. The Balaban J connectivity index is 2.08. The van der Waals surface area contributed by atoms with Crippen molar-refractivity contribution in [2.75, 3.05) is 0 Å². The average Bonchev–Trinajstić information content (AvgIpc) is 2.78. The zero-order chi connectivity index (χ0) is 13.8. The molecule has 0 atom stereocenters. The Morgan fingerprint density at radius 2 is 2.21 bits per heavy atom. The Bertz CT molecular complexity index is 682. The van der Waals surface area contributed by atoms with Gasteiger partial charge in [0.15, 0.2) is 0 Å². The predicted octanol–water partition coefficient (Wildman–Crippen LogP) is 1.05. The van der Waals surface area contributed by atoms with Crippen LogP contribution in [-0.2, 0) is 7.05 Å². The quantitative estimate of drug-likeness (QED) is 0.661. The van der Waals surface area contributed by atoms with Crippen molar-refractivity contribution in [3.63, 3.8) is 0 Å². The second kappa shape index (κ2) is 5.34. The number of furan rings is 1. The Kier molecular flexibility index (Phi) is 3.61. The normalized spacial score (nSPS) is 10.8. The first-order chi connectivity index (χ1) is 9.08. The van der Waals surface area contributed by atoms with E-state index in [1.165, 1.54) is 16.8 Å². The topological polar surface area (TPSA) is 76.6 Å². The molecule has 2 heterocycles. The third-order valence-electron chi connectivity index (χ3n) is 2.49. The van der Waals surface area contributed by atoms with Gasteiger partial charge in [-0.1, -0.05) is 0 Å². The van der Waals surface area contributed by atoms with E-state index < -0.39 is 5.91 Å². The van der Waals surface area contributed by atoms with E-state index in [0.717, 1.165) is 5.76 Å². The number of nitrogens with one attached hydrogen (secondary N) is 1. The number of hydrogen-bond acceptors (Lipinski definition) is 4. The van der Waals surface area contributed by atoms with E-state index in [1.54, 1.807) is 31.4 Å². The summed E-state index contributed by atoms with van der Waals surface area (Å²) in [6.07, 6.45) is 2.95. The predicted molar refractivity (Wildman–Crippen MR) is 70.2 cm³/mol. The Labute approximate surface area is 109 Å². The molecule has 19 heavy (non-hydrogen) atoms. The minimum atomic E-state index is -0.555. The van der Waals surface area contributed by atoms with Gasteiger partial charge >= 0.3 is 0 Å². The first kappa shape index (κ1) is 12.8. The summed E-state index contributed by atoms with van der Waals surface area (Å²) in [4.78, 5) is 23.4. The fraction of sp³-hybridized carbons (Fsp3) is 0.154. The maximum Gasteiger partial charge on any atom is 0.276 e. The van der Waals surface area contributed by atoms with Crippen LogP contribution in [0.2, 0.25) is 0 Å². The van der Waals surface area contributed by atoms with Crippen LogP contribution in [0.1, 0.15) is 21.9 Å².